The number of rotatable bonds is 8. The molecule has 7 heteroatoms. The fraction of sp³-hybridized carbons (Fsp3) is 0.160. The minimum atomic E-state index is -3.21. The molecule has 0 fully saturated rings. The van der Waals surface area contributed by atoms with E-state index in [2.05, 4.69) is 10.0 Å². The third-order valence-corrected chi connectivity index (χ3v) is 5.86. The fourth-order valence-corrected chi connectivity index (χ4v) is 4.00. The summed E-state index contributed by atoms with van der Waals surface area (Å²) < 4.78 is 30.9. The summed E-state index contributed by atoms with van der Waals surface area (Å²) >= 11 is 0. The van der Waals surface area contributed by atoms with E-state index in [-0.39, 0.29) is 5.91 Å². The van der Waals surface area contributed by atoms with E-state index in [1.807, 2.05) is 72.8 Å². The van der Waals surface area contributed by atoms with Crippen molar-refractivity contribution in [2.24, 2.45) is 0 Å². The van der Waals surface area contributed by atoms with Gasteiger partial charge in [0.15, 0.2) is 0 Å². The molecule has 4 aromatic rings. The van der Waals surface area contributed by atoms with Crippen molar-refractivity contribution in [2.45, 2.75) is 12.5 Å². The van der Waals surface area contributed by atoms with Gasteiger partial charge in [0.05, 0.1) is 6.26 Å². The Morgan fingerprint density at radius 3 is 2.31 bits per heavy atom. The molecule has 164 valence electrons. The Balaban J connectivity index is 1.52. The molecule has 4 rings (SSSR count). The van der Waals surface area contributed by atoms with Crippen LogP contribution in [0.15, 0.2) is 89.3 Å². The maximum absolute atomic E-state index is 13.0. The van der Waals surface area contributed by atoms with Gasteiger partial charge in [-0.05, 0) is 41.8 Å². The Morgan fingerprint density at radius 2 is 1.62 bits per heavy atom. The number of furan rings is 1. The van der Waals surface area contributed by atoms with Crippen molar-refractivity contribution in [1.82, 2.24) is 10.0 Å². The molecule has 0 bridgehead atoms. The van der Waals surface area contributed by atoms with E-state index in [0.29, 0.717) is 24.3 Å². The quantitative estimate of drug-likeness (QED) is 0.426. The Bertz CT molecular complexity index is 1280. The molecule has 0 spiro atoms. The van der Waals surface area contributed by atoms with Crippen molar-refractivity contribution in [2.75, 3.05) is 12.8 Å². The Morgan fingerprint density at radius 1 is 0.938 bits per heavy atom. The third-order valence-electron chi connectivity index (χ3n) is 5.13. The van der Waals surface area contributed by atoms with Gasteiger partial charge in [0.25, 0.3) is 5.91 Å². The second kappa shape index (κ2) is 9.38. The third kappa shape index (κ3) is 5.43. The van der Waals surface area contributed by atoms with Crippen LogP contribution in [0.25, 0.3) is 11.0 Å². The number of hydrogen-bond acceptors (Lipinski definition) is 4. The highest BCUT2D eigenvalue weighted by molar-refractivity contribution is 7.88. The molecule has 0 radical (unpaired) electrons. The van der Waals surface area contributed by atoms with Gasteiger partial charge in [-0.1, -0.05) is 60.7 Å². The maximum atomic E-state index is 13.0. The standard InChI is InChI=1S/C25H24N2O4S/c1-32(29,30)26-16-15-18-11-13-20(14-12-18)25(28)27-24(19-7-3-2-4-8-19)23-17-21-9-5-6-10-22(21)31-23/h2-14,17,24,26H,15-16H2,1H3,(H,27,28)/t24-/m0/s1. The first-order chi connectivity index (χ1) is 15.4. The molecule has 0 aliphatic carbocycles. The number of amides is 1. The van der Waals surface area contributed by atoms with Crippen LogP contribution in [0.4, 0.5) is 0 Å². The lowest BCUT2D eigenvalue weighted by atomic mass is 10.0. The lowest BCUT2D eigenvalue weighted by Crippen LogP contribution is -2.29. The van der Waals surface area contributed by atoms with Gasteiger partial charge in [-0.15, -0.1) is 0 Å². The zero-order valence-electron chi connectivity index (χ0n) is 17.6. The van der Waals surface area contributed by atoms with Gasteiger partial charge < -0.3 is 9.73 Å². The lowest BCUT2D eigenvalue weighted by molar-refractivity contribution is 0.0939. The molecule has 0 aliphatic rings. The summed E-state index contributed by atoms with van der Waals surface area (Å²) in [5.41, 5.74) is 3.14. The van der Waals surface area contributed by atoms with Crippen LogP contribution in [0, 0.1) is 0 Å². The van der Waals surface area contributed by atoms with Gasteiger partial charge in [-0.2, -0.15) is 0 Å². The Kier molecular flexibility index (Phi) is 6.39. The highest BCUT2D eigenvalue weighted by Crippen LogP contribution is 2.28. The summed E-state index contributed by atoms with van der Waals surface area (Å²) in [6, 6.07) is 26.1. The summed E-state index contributed by atoms with van der Waals surface area (Å²) in [7, 11) is -3.21. The molecular weight excluding hydrogens is 424 g/mol. The first-order valence-corrected chi connectivity index (χ1v) is 12.2. The van der Waals surface area contributed by atoms with Crippen LogP contribution in [0.1, 0.15) is 33.3 Å². The average molecular weight is 449 g/mol. The molecule has 1 aromatic heterocycles. The van der Waals surface area contributed by atoms with Crippen LogP contribution in [0.3, 0.4) is 0 Å². The summed E-state index contributed by atoms with van der Waals surface area (Å²) in [6.45, 7) is 0.312. The van der Waals surface area contributed by atoms with Gasteiger partial charge >= 0.3 is 0 Å². The molecule has 1 heterocycles. The monoisotopic (exact) mass is 448 g/mol. The average Bonchev–Trinajstić information content (AvgIpc) is 3.21. The molecule has 2 N–H and O–H groups in total. The van der Waals surface area contributed by atoms with E-state index in [9.17, 15) is 13.2 Å². The molecule has 0 aliphatic heterocycles. The number of carbonyl (C=O) groups excluding carboxylic acids is 1. The number of nitrogens with one attached hydrogen (secondary N) is 2. The number of fused-ring (bicyclic) bond motifs is 1. The van der Waals surface area contributed by atoms with Crippen molar-refractivity contribution in [1.29, 1.82) is 0 Å². The van der Waals surface area contributed by atoms with Crippen LogP contribution in [-0.4, -0.2) is 27.1 Å². The highest BCUT2D eigenvalue weighted by Gasteiger charge is 2.21. The van der Waals surface area contributed by atoms with E-state index >= 15 is 0 Å². The smallest absolute Gasteiger partial charge is 0.252 e. The normalized spacial score (nSPS) is 12.5. The van der Waals surface area contributed by atoms with Crippen molar-refractivity contribution in [3.8, 4) is 0 Å². The molecule has 0 unspecified atom stereocenters. The number of benzene rings is 3. The van der Waals surface area contributed by atoms with Crippen molar-refractivity contribution in [3.05, 3.63) is 107 Å². The molecule has 3 aromatic carbocycles. The zero-order valence-corrected chi connectivity index (χ0v) is 18.4. The van der Waals surface area contributed by atoms with E-state index in [1.54, 1.807) is 12.1 Å². The molecule has 0 saturated carbocycles. The summed E-state index contributed by atoms with van der Waals surface area (Å²) in [6.07, 6.45) is 1.67. The van der Waals surface area contributed by atoms with Crippen molar-refractivity contribution in [3.63, 3.8) is 0 Å². The molecule has 6 nitrogen and oxygen atoms in total. The highest BCUT2D eigenvalue weighted by atomic mass is 32.2. The van der Waals surface area contributed by atoms with Crippen molar-refractivity contribution >= 4 is 26.9 Å². The van der Waals surface area contributed by atoms with Crippen LogP contribution < -0.4 is 10.0 Å². The number of para-hydroxylation sites is 1. The van der Waals surface area contributed by atoms with Gasteiger partial charge in [0, 0.05) is 17.5 Å². The van der Waals surface area contributed by atoms with Crippen LogP contribution in [0.5, 0.6) is 0 Å². The van der Waals surface area contributed by atoms with Gasteiger partial charge in [-0.3, -0.25) is 4.79 Å². The van der Waals surface area contributed by atoms with Gasteiger partial charge in [0.1, 0.15) is 17.4 Å². The maximum Gasteiger partial charge on any atom is 0.252 e. The number of carbonyl (C=O) groups is 1. The first kappa shape index (κ1) is 21.8. The summed E-state index contributed by atoms with van der Waals surface area (Å²) in [4.78, 5) is 13.0. The topological polar surface area (TPSA) is 88.4 Å². The fourth-order valence-electron chi connectivity index (χ4n) is 3.53. The van der Waals surface area contributed by atoms with Crippen LogP contribution in [0.2, 0.25) is 0 Å². The second-order valence-corrected chi connectivity index (χ2v) is 9.45. The van der Waals surface area contributed by atoms with Gasteiger partial charge in [0.2, 0.25) is 10.0 Å². The van der Waals surface area contributed by atoms with Gasteiger partial charge in [-0.25, -0.2) is 13.1 Å². The lowest BCUT2D eigenvalue weighted by Gasteiger charge is -2.17. The Hall–Kier alpha value is -3.42. The summed E-state index contributed by atoms with van der Waals surface area (Å²) in [5, 5.41) is 4.06. The minimum absolute atomic E-state index is 0.222. The molecule has 0 saturated heterocycles. The largest absolute Gasteiger partial charge is 0.459 e. The minimum Gasteiger partial charge on any atom is -0.459 e. The Labute approximate surface area is 187 Å². The molecular formula is C25H24N2O4S. The second-order valence-electron chi connectivity index (χ2n) is 7.62. The molecule has 1 atom stereocenters. The van der Waals surface area contributed by atoms with Crippen molar-refractivity contribution < 1.29 is 17.6 Å². The van der Waals surface area contributed by atoms with Crippen LogP contribution >= 0.6 is 0 Å². The number of hydrogen-bond donors (Lipinski definition) is 2. The van der Waals surface area contributed by atoms with Crippen LogP contribution in [-0.2, 0) is 16.4 Å². The van der Waals surface area contributed by atoms with E-state index in [0.717, 1.165) is 28.4 Å². The van der Waals surface area contributed by atoms with E-state index < -0.39 is 16.1 Å². The predicted molar refractivity (Wildman–Crippen MR) is 125 cm³/mol. The first-order valence-electron chi connectivity index (χ1n) is 10.3. The number of sulfonamides is 1. The SMILES string of the molecule is CS(=O)(=O)NCCc1ccc(C(=O)N[C@@H](c2ccccc2)c2cc3ccccc3o2)cc1. The summed E-state index contributed by atoms with van der Waals surface area (Å²) in [5.74, 6) is 0.439. The predicted octanol–water partition coefficient (Wildman–Crippen LogP) is 4.04. The molecule has 32 heavy (non-hydrogen) atoms. The van der Waals surface area contributed by atoms with E-state index in [1.165, 1.54) is 0 Å². The molecule has 1 amide bonds. The van der Waals surface area contributed by atoms with E-state index in [4.69, 9.17) is 4.42 Å². The zero-order chi connectivity index (χ0) is 22.6.